The number of carbonyl (C=O) groups excluding carboxylic acids is 1. The van der Waals surface area contributed by atoms with Crippen LogP contribution in [0.15, 0.2) is 23.6 Å². The number of carbonyl (C=O) groups is 1. The monoisotopic (exact) mass is 293 g/mol. The van der Waals surface area contributed by atoms with Crippen molar-refractivity contribution in [3.63, 3.8) is 0 Å². The molecule has 7 nitrogen and oxygen atoms in total. The maximum absolute atomic E-state index is 11.6. The number of nitrogens with zero attached hydrogens (tertiary/aromatic N) is 4. The van der Waals surface area contributed by atoms with Crippen molar-refractivity contribution in [3.05, 3.63) is 29.7 Å². The van der Waals surface area contributed by atoms with E-state index < -0.39 is 5.97 Å². The van der Waals surface area contributed by atoms with Crippen molar-refractivity contribution < 1.29 is 9.53 Å². The SMILES string of the molecule is CCOC(=O)c1cnc(SCc2ccn(C)n2)nc1N. The molecule has 0 unspecified atom stereocenters. The Hall–Kier alpha value is -2.09. The molecule has 0 aliphatic heterocycles. The molecule has 20 heavy (non-hydrogen) atoms. The van der Waals surface area contributed by atoms with Gasteiger partial charge in [0.15, 0.2) is 5.16 Å². The fraction of sp³-hybridized carbons (Fsp3) is 0.333. The highest BCUT2D eigenvalue weighted by Crippen LogP contribution is 2.20. The molecule has 2 N–H and O–H groups in total. The number of rotatable bonds is 5. The van der Waals surface area contributed by atoms with Crippen molar-refractivity contribution in [1.82, 2.24) is 19.7 Å². The maximum atomic E-state index is 11.6. The fourth-order valence-electron chi connectivity index (χ4n) is 1.49. The van der Waals surface area contributed by atoms with Gasteiger partial charge in [-0.05, 0) is 13.0 Å². The van der Waals surface area contributed by atoms with Gasteiger partial charge in [-0.1, -0.05) is 11.8 Å². The highest BCUT2D eigenvalue weighted by Gasteiger charge is 2.13. The van der Waals surface area contributed by atoms with Crippen molar-refractivity contribution in [2.75, 3.05) is 12.3 Å². The van der Waals surface area contributed by atoms with Crippen molar-refractivity contribution in [1.29, 1.82) is 0 Å². The third kappa shape index (κ3) is 3.47. The van der Waals surface area contributed by atoms with Crippen molar-refractivity contribution >= 4 is 23.5 Å². The summed E-state index contributed by atoms with van der Waals surface area (Å²) in [5.41, 5.74) is 6.85. The second-order valence-corrected chi connectivity index (χ2v) is 4.88. The van der Waals surface area contributed by atoms with Gasteiger partial charge in [-0.25, -0.2) is 14.8 Å². The molecule has 0 aliphatic carbocycles. The Balaban J connectivity index is 2.03. The van der Waals surface area contributed by atoms with Gasteiger partial charge in [0.1, 0.15) is 11.4 Å². The summed E-state index contributed by atoms with van der Waals surface area (Å²) >= 11 is 1.40. The Morgan fingerprint density at radius 3 is 2.95 bits per heavy atom. The second kappa shape index (κ2) is 6.38. The zero-order valence-corrected chi connectivity index (χ0v) is 12.1. The van der Waals surface area contributed by atoms with E-state index in [-0.39, 0.29) is 18.0 Å². The highest BCUT2D eigenvalue weighted by molar-refractivity contribution is 7.98. The summed E-state index contributed by atoms with van der Waals surface area (Å²) in [6.07, 6.45) is 3.26. The van der Waals surface area contributed by atoms with Gasteiger partial charge in [0.25, 0.3) is 0 Å². The molecule has 0 atom stereocenters. The molecule has 0 aliphatic rings. The van der Waals surface area contributed by atoms with Gasteiger partial charge < -0.3 is 10.5 Å². The van der Waals surface area contributed by atoms with E-state index in [0.29, 0.717) is 10.9 Å². The predicted octanol–water partition coefficient (Wildman–Crippen LogP) is 1.26. The van der Waals surface area contributed by atoms with E-state index in [1.807, 2.05) is 19.3 Å². The average molecular weight is 293 g/mol. The molecule has 2 rings (SSSR count). The second-order valence-electron chi connectivity index (χ2n) is 3.94. The van der Waals surface area contributed by atoms with E-state index in [1.165, 1.54) is 18.0 Å². The molecule has 0 saturated heterocycles. The van der Waals surface area contributed by atoms with Gasteiger partial charge in [0.2, 0.25) is 0 Å². The van der Waals surface area contributed by atoms with Crippen LogP contribution in [0.3, 0.4) is 0 Å². The Labute approximate surface area is 120 Å². The lowest BCUT2D eigenvalue weighted by molar-refractivity contribution is 0.0526. The minimum absolute atomic E-state index is 0.127. The first-order valence-electron chi connectivity index (χ1n) is 6.01. The van der Waals surface area contributed by atoms with Gasteiger partial charge in [-0.2, -0.15) is 5.10 Å². The third-order valence-corrected chi connectivity index (χ3v) is 3.30. The first kappa shape index (κ1) is 14.3. The zero-order chi connectivity index (χ0) is 14.5. The van der Waals surface area contributed by atoms with E-state index in [2.05, 4.69) is 15.1 Å². The summed E-state index contributed by atoms with van der Waals surface area (Å²) in [7, 11) is 1.86. The minimum atomic E-state index is -0.508. The molecule has 0 fully saturated rings. The Bertz CT molecular complexity index is 614. The number of hydrogen-bond donors (Lipinski definition) is 1. The summed E-state index contributed by atoms with van der Waals surface area (Å²) < 4.78 is 6.59. The molecule has 8 heteroatoms. The van der Waals surface area contributed by atoms with E-state index in [1.54, 1.807) is 11.6 Å². The number of aryl methyl sites for hydroxylation is 1. The Kier molecular flexibility index (Phi) is 4.57. The van der Waals surface area contributed by atoms with Crippen molar-refractivity contribution in [2.24, 2.45) is 7.05 Å². The topological polar surface area (TPSA) is 95.9 Å². The predicted molar refractivity (Wildman–Crippen MR) is 75.2 cm³/mol. The molecule has 2 aromatic heterocycles. The molecule has 0 aromatic carbocycles. The summed E-state index contributed by atoms with van der Waals surface area (Å²) in [5.74, 6) is 0.257. The summed E-state index contributed by atoms with van der Waals surface area (Å²) in [6.45, 7) is 2.01. The summed E-state index contributed by atoms with van der Waals surface area (Å²) in [5, 5.41) is 4.75. The quantitative estimate of drug-likeness (QED) is 0.503. The average Bonchev–Trinajstić information content (AvgIpc) is 2.82. The van der Waals surface area contributed by atoms with Gasteiger partial charge in [-0.15, -0.1) is 0 Å². The lowest BCUT2D eigenvalue weighted by Gasteiger charge is -2.05. The Morgan fingerprint density at radius 2 is 2.35 bits per heavy atom. The number of aromatic nitrogens is 4. The van der Waals surface area contributed by atoms with E-state index in [4.69, 9.17) is 10.5 Å². The number of nitrogen functional groups attached to an aromatic ring is 1. The lowest BCUT2D eigenvalue weighted by Crippen LogP contribution is -2.10. The summed E-state index contributed by atoms with van der Waals surface area (Å²) in [6, 6.07) is 1.92. The van der Waals surface area contributed by atoms with Crippen LogP contribution in [0.4, 0.5) is 5.82 Å². The van der Waals surface area contributed by atoms with Gasteiger partial charge in [-0.3, -0.25) is 4.68 Å². The Morgan fingerprint density at radius 1 is 1.55 bits per heavy atom. The van der Waals surface area contributed by atoms with Crippen LogP contribution in [0.1, 0.15) is 23.0 Å². The van der Waals surface area contributed by atoms with Gasteiger partial charge >= 0.3 is 5.97 Å². The molecule has 2 heterocycles. The first-order valence-corrected chi connectivity index (χ1v) is 6.99. The van der Waals surface area contributed by atoms with Crippen LogP contribution in [0.2, 0.25) is 0 Å². The molecule has 0 bridgehead atoms. The molecule has 0 saturated carbocycles. The third-order valence-electron chi connectivity index (χ3n) is 2.41. The van der Waals surface area contributed by atoms with Gasteiger partial charge in [0, 0.05) is 25.2 Å². The number of hydrogen-bond acceptors (Lipinski definition) is 7. The van der Waals surface area contributed by atoms with E-state index in [9.17, 15) is 4.79 Å². The van der Waals surface area contributed by atoms with Gasteiger partial charge in [0.05, 0.1) is 12.3 Å². The number of anilines is 1. The molecule has 0 spiro atoms. The number of ether oxygens (including phenoxy) is 1. The van der Waals surface area contributed by atoms with Crippen LogP contribution >= 0.6 is 11.8 Å². The molecular weight excluding hydrogens is 278 g/mol. The highest BCUT2D eigenvalue weighted by atomic mass is 32.2. The van der Waals surface area contributed by atoms with Crippen molar-refractivity contribution in [3.8, 4) is 0 Å². The molecule has 0 amide bonds. The van der Waals surface area contributed by atoms with E-state index in [0.717, 1.165) is 5.69 Å². The smallest absolute Gasteiger partial charge is 0.343 e. The van der Waals surface area contributed by atoms with Crippen LogP contribution in [-0.2, 0) is 17.5 Å². The van der Waals surface area contributed by atoms with Crippen LogP contribution < -0.4 is 5.73 Å². The largest absolute Gasteiger partial charge is 0.462 e. The normalized spacial score (nSPS) is 10.5. The molecule has 106 valence electrons. The van der Waals surface area contributed by atoms with E-state index >= 15 is 0 Å². The number of esters is 1. The minimum Gasteiger partial charge on any atom is -0.462 e. The van der Waals surface area contributed by atoms with Crippen LogP contribution in [-0.4, -0.2) is 32.3 Å². The standard InChI is InChI=1S/C12H15N5O2S/c1-3-19-11(18)9-6-14-12(15-10(9)13)20-7-8-4-5-17(2)16-8/h4-6H,3,7H2,1-2H3,(H2,13,14,15). The molecule has 2 aromatic rings. The number of nitrogens with two attached hydrogens (primary N) is 1. The summed E-state index contributed by atoms with van der Waals surface area (Å²) in [4.78, 5) is 19.8. The van der Waals surface area contributed by atoms with Crippen LogP contribution in [0, 0.1) is 0 Å². The maximum Gasteiger partial charge on any atom is 0.343 e. The van der Waals surface area contributed by atoms with Crippen LogP contribution in [0.25, 0.3) is 0 Å². The zero-order valence-electron chi connectivity index (χ0n) is 11.2. The first-order chi connectivity index (χ1) is 9.60. The lowest BCUT2D eigenvalue weighted by atomic mass is 10.3. The van der Waals surface area contributed by atoms with Crippen molar-refractivity contribution in [2.45, 2.75) is 17.8 Å². The fourth-order valence-corrected chi connectivity index (χ4v) is 2.21. The molecular formula is C12H15N5O2S. The molecule has 0 radical (unpaired) electrons. The van der Waals surface area contributed by atoms with Crippen LogP contribution in [0.5, 0.6) is 0 Å². The number of thioether (sulfide) groups is 1.